The minimum Gasteiger partial charge on any atom is -0.493 e. The molecule has 1 rings (SSSR count). The Bertz CT molecular complexity index is 569. The highest BCUT2D eigenvalue weighted by Crippen LogP contribution is 2.37. The first-order valence-electron chi connectivity index (χ1n) is 6.90. The number of hydrogen-bond acceptors (Lipinski definition) is 4. The number of nitrogens with two attached hydrogens (primary N) is 1. The quantitative estimate of drug-likeness (QED) is 0.510. The van der Waals surface area contributed by atoms with Crippen LogP contribution < -0.4 is 5.73 Å². The van der Waals surface area contributed by atoms with Gasteiger partial charge in [-0.15, -0.1) is 0 Å². The lowest BCUT2D eigenvalue weighted by Gasteiger charge is -2.13. The molecule has 22 heavy (non-hydrogen) atoms. The molecular weight excluding hydrogens is 362 g/mol. The molecule has 0 aromatic heterocycles. The second-order valence-corrected chi connectivity index (χ2v) is 7.01. The summed E-state index contributed by atoms with van der Waals surface area (Å²) in [5.74, 6) is 1.14. The zero-order chi connectivity index (χ0) is 16.7. The molecule has 0 spiro atoms. The zero-order valence-corrected chi connectivity index (χ0v) is 15.5. The van der Waals surface area contributed by atoms with Crippen molar-refractivity contribution in [1.29, 1.82) is 0 Å². The number of allylic oxidation sites excluding steroid dienone is 3. The molecule has 0 bridgehead atoms. The van der Waals surface area contributed by atoms with Gasteiger partial charge in [0.2, 0.25) is 0 Å². The molecule has 0 aromatic carbocycles. The first-order chi connectivity index (χ1) is 10.4. The molecule has 1 aliphatic rings. The van der Waals surface area contributed by atoms with Crippen LogP contribution in [-0.2, 0) is 9.47 Å². The molecule has 5 heteroatoms. The normalized spacial score (nSPS) is 18.0. The highest BCUT2D eigenvalue weighted by atomic mass is 79.9. The predicted octanol–water partition coefficient (Wildman–Crippen LogP) is 5.11. The van der Waals surface area contributed by atoms with E-state index in [1.165, 1.54) is 11.8 Å². The molecule has 0 saturated carbocycles. The summed E-state index contributed by atoms with van der Waals surface area (Å²) in [6.45, 7) is 16.8. The Hall–Kier alpha value is -1.33. The third-order valence-corrected chi connectivity index (χ3v) is 4.26. The van der Waals surface area contributed by atoms with E-state index in [2.05, 4.69) is 35.7 Å². The van der Waals surface area contributed by atoms with E-state index in [9.17, 15) is 0 Å². The van der Waals surface area contributed by atoms with Crippen molar-refractivity contribution in [2.45, 2.75) is 20.3 Å². The fourth-order valence-electron chi connectivity index (χ4n) is 1.73. The van der Waals surface area contributed by atoms with Crippen molar-refractivity contribution in [1.82, 2.24) is 0 Å². The van der Waals surface area contributed by atoms with E-state index in [0.717, 1.165) is 19.9 Å². The van der Waals surface area contributed by atoms with Gasteiger partial charge < -0.3 is 15.2 Å². The number of thioether (sulfide) groups is 1. The Morgan fingerprint density at radius 2 is 2.18 bits per heavy atom. The molecule has 2 N–H and O–H groups in total. The molecule has 0 aliphatic carbocycles. The zero-order valence-electron chi connectivity index (χ0n) is 13.1. The third-order valence-electron chi connectivity index (χ3n) is 2.85. The molecule has 1 aliphatic heterocycles. The maximum Gasteiger partial charge on any atom is 0.125 e. The molecule has 120 valence electrons. The second kappa shape index (κ2) is 8.96. The van der Waals surface area contributed by atoms with Gasteiger partial charge in [0, 0.05) is 21.8 Å². The standard InChI is InChI=1S/C17H22BrNO2S/c1-6-20-12(3)14(5)22-16-9-10-21-13(4)15(17(16)19)8-7-11(2)18/h7-8H,3-6,9-10,19H2,1-2H3/b11-7+,15-8+. The van der Waals surface area contributed by atoms with Crippen LogP contribution in [0.2, 0.25) is 0 Å². The summed E-state index contributed by atoms with van der Waals surface area (Å²) in [7, 11) is 0. The highest BCUT2D eigenvalue weighted by molar-refractivity contribution is 9.11. The Labute approximate surface area is 145 Å². The number of hydrogen-bond donors (Lipinski definition) is 1. The average Bonchev–Trinajstić information content (AvgIpc) is 2.57. The predicted molar refractivity (Wildman–Crippen MR) is 99.2 cm³/mol. The second-order valence-electron chi connectivity index (χ2n) is 4.57. The fourth-order valence-corrected chi connectivity index (χ4v) is 2.73. The SMILES string of the molecule is C=C(OCC)C(=C)SC1=C(N)/C(=C/C=C(\C)Br)C(=C)OCC1. The smallest absolute Gasteiger partial charge is 0.125 e. The monoisotopic (exact) mass is 383 g/mol. The van der Waals surface area contributed by atoms with Crippen LogP contribution in [0.3, 0.4) is 0 Å². The maximum absolute atomic E-state index is 6.32. The van der Waals surface area contributed by atoms with Crippen molar-refractivity contribution < 1.29 is 9.47 Å². The van der Waals surface area contributed by atoms with Crippen LogP contribution in [0.5, 0.6) is 0 Å². The Morgan fingerprint density at radius 1 is 1.50 bits per heavy atom. The summed E-state index contributed by atoms with van der Waals surface area (Å²) >= 11 is 4.87. The van der Waals surface area contributed by atoms with Crippen LogP contribution in [0.1, 0.15) is 20.3 Å². The van der Waals surface area contributed by atoms with Gasteiger partial charge in [0.25, 0.3) is 0 Å². The maximum atomic E-state index is 6.32. The van der Waals surface area contributed by atoms with Crippen LogP contribution >= 0.6 is 27.7 Å². The van der Waals surface area contributed by atoms with Crippen LogP contribution in [0.4, 0.5) is 0 Å². The topological polar surface area (TPSA) is 44.5 Å². The molecule has 0 amide bonds. The molecule has 0 aromatic rings. The van der Waals surface area contributed by atoms with Gasteiger partial charge in [0.1, 0.15) is 11.5 Å². The highest BCUT2D eigenvalue weighted by Gasteiger charge is 2.19. The van der Waals surface area contributed by atoms with Crippen LogP contribution in [0, 0.1) is 0 Å². The summed E-state index contributed by atoms with van der Waals surface area (Å²) in [5.41, 5.74) is 7.76. The fraction of sp³-hybridized carbons (Fsp3) is 0.294. The van der Waals surface area contributed by atoms with E-state index >= 15 is 0 Å². The van der Waals surface area contributed by atoms with Gasteiger partial charge in [0.05, 0.1) is 18.9 Å². The molecule has 1 heterocycles. The average molecular weight is 384 g/mol. The van der Waals surface area contributed by atoms with E-state index < -0.39 is 0 Å². The minimum atomic E-state index is 0.532. The van der Waals surface area contributed by atoms with Gasteiger partial charge in [-0.25, -0.2) is 0 Å². The summed E-state index contributed by atoms with van der Waals surface area (Å²) in [6, 6.07) is 0. The van der Waals surface area contributed by atoms with E-state index in [0.29, 0.717) is 36.8 Å². The molecular formula is C17H22BrNO2S. The van der Waals surface area contributed by atoms with Gasteiger partial charge in [-0.05, 0) is 24.4 Å². The van der Waals surface area contributed by atoms with Gasteiger partial charge in [-0.2, -0.15) is 0 Å². The Balaban J connectivity index is 3.07. The van der Waals surface area contributed by atoms with Gasteiger partial charge in [-0.3, -0.25) is 0 Å². The van der Waals surface area contributed by atoms with Gasteiger partial charge in [-0.1, -0.05) is 53.5 Å². The molecule has 0 saturated heterocycles. The number of halogens is 1. The lowest BCUT2D eigenvalue weighted by molar-refractivity contribution is 0.231. The van der Waals surface area contributed by atoms with Crippen LogP contribution in [0.15, 0.2) is 69.0 Å². The lowest BCUT2D eigenvalue weighted by atomic mass is 10.1. The van der Waals surface area contributed by atoms with Crippen molar-refractivity contribution in [3.05, 3.63) is 69.0 Å². The summed E-state index contributed by atoms with van der Waals surface area (Å²) in [5, 5.41) is 0. The van der Waals surface area contributed by atoms with Crippen molar-refractivity contribution in [2.24, 2.45) is 5.73 Å². The van der Waals surface area contributed by atoms with Crippen molar-refractivity contribution >= 4 is 27.7 Å². The summed E-state index contributed by atoms with van der Waals surface area (Å²) in [4.78, 5) is 1.73. The Morgan fingerprint density at radius 3 is 2.77 bits per heavy atom. The van der Waals surface area contributed by atoms with Crippen molar-refractivity contribution in [2.75, 3.05) is 13.2 Å². The lowest BCUT2D eigenvalue weighted by Crippen LogP contribution is -2.05. The van der Waals surface area contributed by atoms with E-state index in [1.54, 1.807) is 0 Å². The van der Waals surface area contributed by atoms with Crippen LogP contribution in [-0.4, -0.2) is 13.2 Å². The van der Waals surface area contributed by atoms with E-state index in [4.69, 9.17) is 15.2 Å². The third kappa shape index (κ3) is 5.46. The van der Waals surface area contributed by atoms with Gasteiger partial charge >= 0.3 is 0 Å². The molecule has 0 fully saturated rings. The van der Waals surface area contributed by atoms with Crippen LogP contribution in [0.25, 0.3) is 0 Å². The first-order valence-corrected chi connectivity index (χ1v) is 8.51. The van der Waals surface area contributed by atoms with E-state index in [1.807, 2.05) is 26.0 Å². The molecule has 3 nitrogen and oxygen atoms in total. The first kappa shape index (κ1) is 18.7. The molecule has 0 atom stereocenters. The summed E-state index contributed by atoms with van der Waals surface area (Å²) in [6.07, 6.45) is 4.51. The van der Waals surface area contributed by atoms with Crippen molar-refractivity contribution in [3.63, 3.8) is 0 Å². The molecule has 0 radical (unpaired) electrons. The molecule has 0 unspecified atom stereocenters. The number of rotatable bonds is 6. The summed E-state index contributed by atoms with van der Waals surface area (Å²) < 4.78 is 12.0. The van der Waals surface area contributed by atoms with Crippen molar-refractivity contribution in [3.8, 4) is 0 Å². The van der Waals surface area contributed by atoms with E-state index in [-0.39, 0.29) is 0 Å². The Kier molecular flexibility index (Phi) is 7.62. The largest absolute Gasteiger partial charge is 0.493 e. The number of ether oxygens (including phenoxy) is 2. The minimum absolute atomic E-state index is 0.532. The van der Waals surface area contributed by atoms with Gasteiger partial charge in [0.15, 0.2) is 0 Å².